The topological polar surface area (TPSA) is 128 Å². The smallest absolute Gasteiger partial charge is 0.457 e. The third-order valence-electron chi connectivity index (χ3n) is 6.32. The monoisotopic (exact) mass is 580 g/mol. The van der Waals surface area contributed by atoms with Gasteiger partial charge in [-0.2, -0.15) is 0 Å². The van der Waals surface area contributed by atoms with Crippen molar-refractivity contribution in [1.29, 1.82) is 0 Å². The lowest BCUT2D eigenvalue weighted by Crippen LogP contribution is -2.58. The van der Waals surface area contributed by atoms with Crippen LogP contribution in [-0.2, 0) is 4.57 Å². The van der Waals surface area contributed by atoms with Crippen molar-refractivity contribution in [3.05, 3.63) is 156 Å². The van der Waals surface area contributed by atoms with Gasteiger partial charge in [0, 0.05) is 5.56 Å². The van der Waals surface area contributed by atoms with Gasteiger partial charge in [-0.25, -0.2) is 4.57 Å². The molecule has 0 aliphatic rings. The fraction of sp³-hybridized carbons (Fsp3) is 0.0606. The van der Waals surface area contributed by atoms with Gasteiger partial charge < -0.3 is 24.8 Å². The van der Waals surface area contributed by atoms with E-state index in [1.54, 1.807) is 109 Å². The summed E-state index contributed by atoms with van der Waals surface area (Å²) in [6, 6.07) is 40.4. The molecule has 42 heavy (non-hydrogen) atoms. The Morgan fingerprint density at radius 3 is 1.62 bits per heavy atom. The molecule has 0 aromatic heterocycles. The second-order valence-electron chi connectivity index (χ2n) is 9.41. The van der Waals surface area contributed by atoms with E-state index in [1.165, 1.54) is 0 Å². The number of carbonyl (C=O) groups excluding carboxylic acids is 1. The number of hydrogen-bond acceptors (Lipinski definition) is 6. The minimum Gasteiger partial charge on any atom is -0.457 e. The molecule has 2 atom stereocenters. The maximum atomic E-state index is 14.9. The molecule has 0 fully saturated rings. The maximum Gasteiger partial charge on any atom is 0.457 e. The number of carbonyl (C=O) groups is 1. The molecule has 212 valence electrons. The van der Waals surface area contributed by atoms with Gasteiger partial charge in [-0.15, -0.1) is 0 Å². The number of hydrogen-bond donors (Lipinski definition) is 3. The molecule has 9 heteroatoms. The average molecular weight is 581 g/mol. The first-order chi connectivity index (χ1) is 20.4. The van der Waals surface area contributed by atoms with Gasteiger partial charge in [0.15, 0.2) is 11.9 Å². The van der Waals surface area contributed by atoms with Gasteiger partial charge in [-0.3, -0.25) is 10.5 Å². The summed E-state index contributed by atoms with van der Waals surface area (Å²) in [5.74, 6) is -0.204. The van der Waals surface area contributed by atoms with E-state index in [9.17, 15) is 9.36 Å². The Kier molecular flexibility index (Phi) is 8.99. The second kappa shape index (κ2) is 13.2. The molecule has 5 aromatic rings. The Hall–Kier alpha value is -4.88. The molecule has 0 aliphatic carbocycles. The van der Waals surface area contributed by atoms with E-state index in [0.717, 1.165) is 5.56 Å². The molecular weight excluding hydrogens is 549 g/mol. The van der Waals surface area contributed by atoms with E-state index in [2.05, 4.69) is 11.1 Å². The van der Waals surface area contributed by atoms with Crippen LogP contribution < -0.4 is 30.6 Å². The highest BCUT2D eigenvalue weighted by atomic mass is 31.2. The summed E-state index contributed by atoms with van der Waals surface area (Å²) in [6.07, 6.45) is -0.456. The fourth-order valence-electron chi connectivity index (χ4n) is 4.21. The van der Waals surface area contributed by atoms with Crippen LogP contribution in [0, 0.1) is 0 Å². The van der Waals surface area contributed by atoms with Gasteiger partial charge in [0.05, 0.1) is 5.56 Å². The van der Waals surface area contributed by atoms with Gasteiger partial charge >= 0.3 is 7.60 Å². The Labute approximate surface area is 244 Å². The van der Waals surface area contributed by atoms with E-state index in [4.69, 9.17) is 19.5 Å². The summed E-state index contributed by atoms with van der Waals surface area (Å²) in [7, 11) is -4.21. The number of quaternary nitrogens is 1. The fourth-order valence-corrected chi connectivity index (χ4v) is 6.10. The van der Waals surface area contributed by atoms with Gasteiger partial charge in [0.1, 0.15) is 23.0 Å². The van der Waals surface area contributed by atoms with Gasteiger partial charge in [0.2, 0.25) is 0 Å². The predicted molar refractivity (Wildman–Crippen MR) is 161 cm³/mol. The maximum absolute atomic E-state index is 14.9. The third kappa shape index (κ3) is 7.06. The lowest BCUT2D eigenvalue weighted by molar-refractivity contribution is -0.424. The lowest BCUT2D eigenvalue weighted by atomic mass is 10.1. The zero-order valence-electron chi connectivity index (χ0n) is 22.7. The van der Waals surface area contributed by atoms with Crippen LogP contribution >= 0.6 is 7.60 Å². The average Bonchev–Trinajstić information content (AvgIpc) is 3.01. The van der Waals surface area contributed by atoms with E-state index < -0.39 is 25.5 Å². The molecule has 0 spiro atoms. The number of amides is 1. The van der Waals surface area contributed by atoms with Crippen LogP contribution in [0.1, 0.15) is 33.4 Å². The Balaban J connectivity index is 1.56. The summed E-state index contributed by atoms with van der Waals surface area (Å²) < 4.78 is 33.1. The first-order valence-electron chi connectivity index (χ1n) is 13.3. The van der Waals surface area contributed by atoms with Crippen LogP contribution in [-0.4, -0.2) is 5.91 Å². The normalized spacial score (nSPS) is 12.5. The van der Waals surface area contributed by atoms with Crippen molar-refractivity contribution in [2.24, 2.45) is 5.73 Å². The van der Waals surface area contributed by atoms with E-state index in [0.29, 0.717) is 28.6 Å². The quantitative estimate of drug-likeness (QED) is 0.122. The zero-order valence-corrected chi connectivity index (χ0v) is 23.6. The van der Waals surface area contributed by atoms with Crippen molar-refractivity contribution in [3.63, 3.8) is 0 Å². The summed E-state index contributed by atoms with van der Waals surface area (Å²) in [6.45, 7) is 0. The third-order valence-corrected chi connectivity index (χ3v) is 8.31. The van der Waals surface area contributed by atoms with Crippen LogP contribution in [0.2, 0.25) is 0 Å². The molecule has 0 saturated heterocycles. The summed E-state index contributed by atoms with van der Waals surface area (Å²) in [4.78, 5) is 13.9. The highest BCUT2D eigenvalue weighted by Crippen LogP contribution is 2.59. The summed E-state index contributed by atoms with van der Waals surface area (Å²) in [5.41, 5.74) is 11.3. The molecule has 8 nitrogen and oxygen atoms in total. The zero-order chi connectivity index (χ0) is 29.4. The molecule has 0 saturated carbocycles. The van der Waals surface area contributed by atoms with Crippen molar-refractivity contribution < 1.29 is 28.9 Å². The van der Waals surface area contributed by atoms with Crippen LogP contribution in [0.25, 0.3) is 0 Å². The number of rotatable bonds is 11. The van der Waals surface area contributed by atoms with Crippen LogP contribution in [0.5, 0.6) is 23.0 Å². The Morgan fingerprint density at radius 1 is 0.643 bits per heavy atom. The first kappa shape index (κ1) is 28.6. The van der Waals surface area contributed by atoms with Crippen LogP contribution in [0.4, 0.5) is 0 Å². The molecule has 6 N–H and O–H groups in total. The van der Waals surface area contributed by atoms with Crippen molar-refractivity contribution >= 4 is 13.5 Å². The summed E-state index contributed by atoms with van der Waals surface area (Å²) in [5, 5.41) is 2.93. The molecule has 5 aromatic carbocycles. The highest BCUT2D eigenvalue weighted by molar-refractivity contribution is 7.55. The van der Waals surface area contributed by atoms with Gasteiger partial charge in [0.25, 0.3) is 5.91 Å². The Morgan fingerprint density at radius 2 is 1.10 bits per heavy atom. The molecule has 0 radical (unpaired) electrons. The van der Waals surface area contributed by atoms with E-state index in [1.807, 2.05) is 30.3 Å². The van der Waals surface area contributed by atoms with Crippen molar-refractivity contribution in [3.8, 4) is 23.0 Å². The van der Waals surface area contributed by atoms with E-state index >= 15 is 0 Å². The number of para-hydroxylation sites is 4. The minimum absolute atomic E-state index is 0.244. The second-order valence-corrected chi connectivity index (χ2v) is 11.4. The van der Waals surface area contributed by atoms with E-state index in [-0.39, 0.29) is 5.56 Å². The van der Waals surface area contributed by atoms with Crippen LogP contribution in [0.3, 0.4) is 0 Å². The largest absolute Gasteiger partial charge is 0.457 e. The molecule has 0 bridgehead atoms. The number of benzene rings is 5. The number of ether oxygens (including phenoxy) is 1. The SMILES string of the molecule is NC([NH3+])c1ccc(C(NC(=O)c2ccccc2Oc2ccccc2)P(=O)(Oc2ccccc2)Oc2ccccc2)cc1. The standard InChI is InChI=1S/C33H30N3O5P/c34-31(35)24-20-22-25(23-21-24)33(36-32(37)29-18-10-11-19-30(29)39-26-12-4-1-5-13-26)42(38,40-27-14-6-2-7-15-27)41-28-16-8-3-9-17-28/h1-23,31,33H,34-35H2,(H,36,37)/p+1. The molecule has 0 heterocycles. The van der Waals surface area contributed by atoms with Gasteiger partial charge in [-0.05, 0) is 54.1 Å². The van der Waals surface area contributed by atoms with Crippen molar-refractivity contribution in [1.82, 2.24) is 5.32 Å². The number of nitrogens with one attached hydrogen (secondary N) is 1. The van der Waals surface area contributed by atoms with Crippen molar-refractivity contribution in [2.75, 3.05) is 0 Å². The minimum atomic E-state index is -4.21. The first-order valence-corrected chi connectivity index (χ1v) is 14.9. The van der Waals surface area contributed by atoms with Crippen molar-refractivity contribution in [2.45, 2.75) is 11.9 Å². The molecule has 1 amide bonds. The summed E-state index contributed by atoms with van der Waals surface area (Å²) >= 11 is 0. The highest BCUT2D eigenvalue weighted by Gasteiger charge is 2.42. The molecular formula is C33H31N3O5P+. The lowest BCUT2D eigenvalue weighted by Gasteiger charge is -2.29. The van der Waals surface area contributed by atoms with Crippen LogP contribution in [0.15, 0.2) is 140 Å². The molecule has 2 unspecified atom stereocenters. The molecule has 5 rings (SSSR count). The number of nitrogens with two attached hydrogens (primary N) is 1. The van der Waals surface area contributed by atoms with Gasteiger partial charge in [-0.1, -0.05) is 91.0 Å². The molecule has 0 aliphatic heterocycles. The predicted octanol–water partition coefficient (Wildman–Crippen LogP) is 6.46. The Bertz CT molecular complexity index is 1600.